The van der Waals surface area contributed by atoms with Gasteiger partial charge in [-0.1, -0.05) is 6.92 Å². The molecule has 0 aliphatic carbocycles. The largest absolute Gasteiger partial charge is 0.484 e. The molecule has 0 amide bonds. The molecule has 0 fully saturated rings. The van der Waals surface area contributed by atoms with Gasteiger partial charge in [0.25, 0.3) is 0 Å². The number of hydrogen-bond acceptors (Lipinski definition) is 4. The molecule has 0 unspecified atom stereocenters. The van der Waals surface area contributed by atoms with E-state index in [-0.39, 0.29) is 0 Å². The fraction of sp³-hybridized carbons (Fsp3) is 0.357. The Labute approximate surface area is 121 Å². The number of aryl methyl sites for hydroxylation is 1. The first-order valence-electron chi connectivity index (χ1n) is 6.21. The standard InChI is InChI=1S/C14H17BrN2O2/c1-3-16-6-11-4-14(19-10(11)2)9-18-13-5-12(15)7-17-8-13/h4-5,7-8,16H,3,6,9H2,1-2H3. The third kappa shape index (κ3) is 4.08. The molecule has 0 aliphatic rings. The molecule has 0 saturated heterocycles. The van der Waals surface area contributed by atoms with E-state index < -0.39 is 0 Å². The lowest BCUT2D eigenvalue weighted by Gasteiger charge is -2.03. The molecular weight excluding hydrogens is 308 g/mol. The predicted molar refractivity (Wildman–Crippen MR) is 77.1 cm³/mol. The van der Waals surface area contributed by atoms with Gasteiger partial charge in [0.1, 0.15) is 23.9 Å². The van der Waals surface area contributed by atoms with Crippen molar-refractivity contribution in [1.29, 1.82) is 0 Å². The van der Waals surface area contributed by atoms with E-state index in [2.05, 4.69) is 33.2 Å². The van der Waals surface area contributed by atoms with Gasteiger partial charge in [0.15, 0.2) is 0 Å². The van der Waals surface area contributed by atoms with Gasteiger partial charge in [-0.25, -0.2) is 0 Å². The summed E-state index contributed by atoms with van der Waals surface area (Å²) in [5, 5.41) is 3.28. The van der Waals surface area contributed by atoms with Crippen LogP contribution in [0.25, 0.3) is 0 Å². The van der Waals surface area contributed by atoms with Crippen molar-refractivity contribution in [2.24, 2.45) is 0 Å². The van der Waals surface area contributed by atoms with Crippen LogP contribution in [0.3, 0.4) is 0 Å². The fourth-order valence-electron chi connectivity index (χ4n) is 1.72. The Morgan fingerprint density at radius 2 is 2.21 bits per heavy atom. The van der Waals surface area contributed by atoms with Crippen LogP contribution in [0.15, 0.2) is 33.4 Å². The van der Waals surface area contributed by atoms with Gasteiger partial charge in [0, 0.05) is 22.8 Å². The van der Waals surface area contributed by atoms with Gasteiger partial charge in [0.05, 0.1) is 6.20 Å². The Morgan fingerprint density at radius 3 is 2.95 bits per heavy atom. The maximum atomic E-state index is 5.67. The minimum absolute atomic E-state index is 0.408. The highest BCUT2D eigenvalue weighted by atomic mass is 79.9. The summed E-state index contributed by atoms with van der Waals surface area (Å²) < 4.78 is 12.2. The smallest absolute Gasteiger partial charge is 0.146 e. The monoisotopic (exact) mass is 324 g/mol. The number of furan rings is 1. The zero-order valence-electron chi connectivity index (χ0n) is 11.1. The van der Waals surface area contributed by atoms with E-state index in [4.69, 9.17) is 9.15 Å². The Bertz CT molecular complexity index is 540. The van der Waals surface area contributed by atoms with E-state index in [0.717, 1.165) is 34.8 Å². The molecule has 0 atom stereocenters. The second-order valence-corrected chi connectivity index (χ2v) is 5.12. The first-order chi connectivity index (χ1) is 9.19. The number of aromatic nitrogens is 1. The van der Waals surface area contributed by atoms with Gasteiger partial charge >= 0.3 is 0 Å². The average molecular weight is 325 g/mol. The van der Waals surface area contributed by atoms with E-state index in [1.807, 2.05) is 19.1 Å². The molecular formula is C14H17BrN2O2. The van der Waals surface area contributed by atoms with Crippen LogP contribution in [-0.4, -0.2) is 11.5 Å². The minimum Gasteiger partial charge on any atom is -0.484 e. The molecule has 0 radical (unpaired) electrons. The summed E-state index contributed by atoms with van der Waals surface area (Å²) in [5.41, 5.74) is 1.17. The van der Waals surface area contributed by atoms with Crippen molar-refractivity contribution in [2.45, 2.75) is 27.0 Å². The van der Waals surface area contributed by atoms with E-state index in [1.54, 1.807) is 12.4 Å². The van der Waals surface area contributed by atoms with Crippen molar-refractivity contribution in [3.05, 3.63) is 46.1 Å². The van der Waals surface area contributed by atoms with Crippen LogP contribution in [0.5, 0.6) is 5.75 Å². The fourth-order valence-corrected chi connectivity index (χ4v) is 2.06. The van der Waals surface area contributed by atoms with Gasteiger partial charge in [-0.15, -0.1) is 0 Å². The summed E-state index contributed by atoms with van der Waals surface area (Å²) in [7, 11) is 0. The van der Waals surface area contributed by atoms with Gasteiger partial charge in [0.2, 0.25) is 0 Å². The molecule has 1 N–H and O–H groups in total. The van der Waals surface area contributed by atoms with E-state index in [1.165, 1.54) is 5.56 Å². The SMILES string of the molecule is CCNCc1cc(COc2cncc(Br)c2)oc1C. The predicted octanol–water partition coefficient (Wildman–Crippen LogP) is 3.43. The maximum Gasteiger partial charge on any atom is 0.146 e. The van der Waals surface area contributed by atoms with Crippen LogP contribution in [0.1, 0.15) is 24.0 Å². The van der Waals surface area contributed by atoms with Crippen molar-refractivity contribution in [3.8, 4) is 5.75 Å². The zero-order valence-corrected chi connectivity index (χ0v) is 12.7. The quantitative estimate of drug-likeness (QED) is 0.884. The number of nitrogens with zero attached hydrogens (tertiary/aromatic N) is 1. The molecule has 2 aromatic rings. The Morgan fingerprint density at radius 1 is 1.37 bits per heavy atom. The topological polar surface area (TPSA) is 47.3 Å². The third-order valence-electron chi connectivity index (χ3n) is 2.70. The highest BCUT2D eigenvalue weighted by Gasteiger charge is 2.07. The number of nitrogens with one attached hydrogen (secondary N) is 1. The van der Waals surface area contributed by atoms with Gasteiger partial charge < -0.3 is 14.5 Å². The minimum atomic E-state index is 0.408. The summed E-state index contributed by atoms with van der Waals surface area (Å²) in [6, 6.07) is 3.91. The summed E-state index contributed by atoms with van der Waals surface area (Å²) in [6.07, 6.45) is 3.40. The summed E-state index contributed by atoms with van der Waals surface area (Å²) >= 11 is 3.36. The van der Waals surface area contributed by atoms with Crippen LogP contribution >= 0.6 is 15.9 Å². The number of pyridine rings is 1. The molecule has 4 nitrogen and oxygen atoms in total. The normalized spacial score (nSPS) is 10.7. The van der Waals surface area contributed by atoms with Gasteiger partial charge in [-0.05, 0) is 41.5 Å². The van der Waals surface area contributed by atoms with Crippen molar-refractivity contribution in [2.75, 3.05) is 6.54 Å². The third-order valence-corrected chi connectivity index (χ3v) is 3.13. The second-order valence-electron chi connectivity index (χ2n) is 4.20. The van der Waals surface area contributed by atoms with Crippen LogP contribution in [0.4, 0.5) is 0 Å². The van der Waals surface area contributed by atoms with Crippen molar-refractivity contribution in [3.63, 3.8) is 0 Å². The Hall–Kier alpha value is -1.33. The molecule has 0 bridgehead atoms. The molecule has 0 aromatic carbocycles. The van der Waals surface area contributed by atoms with Crippen LogP contribution in [0, 0.1) is 6.92 Å². The average Bonchev–Trinajstić information content (AvgIpc) is 2.75. The highest BCUT2D eigenvalue weighted by molar-refractivity contribution is 9.10. The molecule has 19 heavy (non-hydrogen) atoms. The summed E-state index contributed by atoms with van der Waals surface area (Å²) in [4.78, 5) is 4.05. The zero-order chi connectivity index (χ0) is 13.7. The number of halogens is 1. The van der Waals surface area contributed by atoms with Crippen molar-refractivity contribution in [1.82, 2.24) is 10.3 Å². The summed E-state index contributed by atoms with van der Waals surface area (Å²) in [6.45, 7) is 6.23. The van der Waals surface area contributed by atoms with Crippen molar-refractivity contribution < 1.29 is 9.15 Å². The van der Waals surface area contributed by atoms with Gasteiger partial charge in [-0.2, -0.15) is 0 Å². The number of rotatable bonds is 6. The van der Waals surface area contributed by atoms with E-state index in [9.17, 15) is 0 Å². The first kappa shape index (κ1) is 14.1. The van der Waals surface area contributed by atoms with Crippen molar-refractivity contribution >= 4 is 15.9 Å². The lowest BCUT2D eigenvalue weighted by atomic mass is 10.2. The lowest BCUT2D eigenvalue weighted by molar-refractivity contribution is 0.266. The molecule has 0 aliphatic heterocycles. The van der Waals surface area contributed by atoms with E-state index in [0.29, 0.717) is 6.61 Å². The molecule has 102 valence electrons. The Balaban J connectivity index is 1.96. The highest BCUT2D eigenvalue weighted by Crippen LogP contribution is 2.19. The van der Waals surface area contributed by atoms with Crippen LogP contribution in [0.2, 0.25) is 0 Å². The molecule has 0 spiro atoms. The molecule has 5 heteroatoms. The van der Waals surface area contributed by atoms with E-state index >= 15 is 0 Å². The summed E-state index contributed by atoms with van der Waals surface area (Å²) in [5.74, 6) is 2.48. The maximum absolute atomic E-state index is 5.67. The molecule has 0 saturated carbocycles. The van der Waals surface area contributed by atoms with Gasteiger partial charge in [-0.3, -0.25) is 4.98 Å². The molecule has 2 heterocycles. The first-order valence-corrected chi connectivity index (χ1v) is 7.00. The lowest BCUT2D eigenvalue weighted by Crippen LogP contribution is -2.11. The van der Waals surface area contributed by atoms with Crippen LogP contribution < -0.4 is 10.1 Å². The second kappa shape index (κ2) is 6.73. The van der Waals surface area contributed by atoms with Crippen LogP contribution in [-0.2, 0) is 13.2 Å². The molecule has 2 rings (SSSR count). The molecule has 2 aromatic heterocycles. The number of ether oxygens (including phenoxy) is 1. The Kier molecular flexibility index (Phi) is 4.99. The number of hydrogen-bond donors (Lipinski definition) is 1.